The summed E-state index contributed by atoms with van der Waals surface area (Å²) in [6.07, 6.45) is 0.980. The third kappa shape index (κ3) is 4.32. The van der Waals surface area contributed by atoms with E-state index < -0.39 is 6.10 Å². The molecular weight excluding hydrogens is 236 g/mol. The number of rotatable bonds is 5. The Morgan fingerprint density at radius 1 is 1.21 bits per heavy atom. The van der Waals surface area contributed by atoms with Gasteiger partial charge in [0.1, 0.15) is 0 Å². The van der Waals surface area contributed by atoms with E-state index in [9.17, 15) is 5.11 Å². The molecule has 2 atom stereocenters. The number of aliphatic hydroxyl groups excluding tert-OH is 2. The van der Waals surface area contributed by atoms with Crippen LogP contribution in [0.25, 0.3) is 0 Å². The predicted molar refractivity (Wildman–Crippen MR) is 80.6 cm³/mol. The Hall–Kier alpha value is -0.860. The molecule has 0 spiro atoms. The summed E-state index contributed by atoms with van der Waals surface area (Å²) in [4.78, 5) is 0. The van der Waals surface area contributed by atoms with E-state index in [4.69, 9.17) is 5.11 Å². The van der Waals surface area contributed by atoms with E-state index in [-0.39, 0.29) is 12.0 Å². The zero-order valence-electron chi connectivity index (χ0n) is 12.9. The Balaban J connectivity index is 3.06. The molecule has 0 heterocycles. The first-order valence-corrected chi connectivity index (χ1v) is 7.19. The normalized spacial score (nSPS) is 15.3. The molecule has 0 amide bonds. The molecule has 2 nitrogen and oxygen atoms in total. The molecule has 0 saturated heterocycles. The summed E-state index contributed by atoms with van der Waals surface area (Å²) in [6, 6.07) is 6.60. The SMILES string of the molecule is CCC(CC(O)CO)c1ccc(C)c(C(C)(C)C)c1. The van der Waals surface area contributed by atoms with Gasteiger partial charge in [0.05, 0.1) is 12.7 Å². The van der Waals surface area contributed by atoms with Crippen molar-refractivity contribution in [1.82, 2.24) is 0 Å². The summed E-state index contributed by atoms with van der Waals surface area (Å²) >= 11 is 0. The molecule has 0 saturated carbocycles. The third-order valence-electron chi connectivity index (χ3n) is 3.80. The second kappa shape index (κ2) is 6.53. The Morgan fingerprint density at radius 3 is 2.32 bits per heavy atom. The van der Waals surface area contributed by atoms with Crippen LogP contribution in [0.4, 0.5) is 0 Å². The summed E-state index contributed by atoms with van der Waals surface area (Å²) in [7, 11) is 0. The number of aryl methyl sites for hydroxylation is 1. The molecule has 0 radical (unpaired) electrons. The molecule has 1 aromatic rings. The summed E-state index contributed by atoms with van der Waals surface area (Å²) < 4.78 is 0. The van der Waals surface area contributed by atoms with Gasteiger partial charge < -0.3 is 10.2 Å². The fraction of sp³-hybridized carbons (Fsp3) is 0.647. The van der Waals surface area contributed by atoms with E-state index in [2.05, 4.69) is 52.8 Å². The van der Waals surface area contributed by atoms with Crippen molar-refractivity contribution >= 4 is 0 Å². The number of benzene rings is 1. The molecule has 0 bridgehead atoms. The van der Waals surface area contributed by atoms with Crippen LogP contribution in [0.3, 0.4) is 0 Å². The molecular formula is C17H28O2. The minimum absolute atomic E-state index is 0.133. The highest BCUT2D eigenvalue weighted by atomic mass is 16.3. The summed E-state index contributed by atoms with van der Waals surface area (Å²) in [5.41, 5.74) is 4.08. The fourth-order valence-corrected chi connectivity index (χ4v) is 2.64. The van der Waals surface area contributed by atoms with Gasteiger partial charge in [-0.05, 0) is 47.8 Å². The molecule has 0 aromatic heterocycles. The largest absolute Gasteiger partial charge is 0.394 e. The van der Waals surface area contributed by atoms with Crippen LogP contribution in [0.5, 0.6) is 0 Å². The maximum Gasteiger partial charge on any atom is 0.0776 e. The van der Waals surface area contributed by atoms with Gasteiger partial charge >= 0.3 is 0 Å². The van der Waals surface area contributed by atoms with E-state index in [1.165, 1.54) is 16.7 Å². The van der Waals surface area contributed by atoms with Crippen molar-refractivity contribution in [2.45, 2.75) is 64.9 Å². The third-order valence-corrected chi connectivity index (χ3v) is 3.80. The first kappa shape index (κ1) is 16.2. The smallest absolute Gasteiger partial charge is 0.0776 e. The first-order chi connectivity index (χ1) is 8.79. The van der Waals surface area contributed by atoms with Crippen molar-refractivity contribution in [2.75, 3.05) is 6.61 Å². The highest BCUT2D eigenvalue weighted by Gasteiger charge is 2.20. The topological polar surface area (TPSA) is 40.5 Å². The summed E-state index contributed by atoms with van der Waals surface area (Å²) in [6.45, 7) is 10.8. The van der Waals surface area contributed by atoms with Gasteiger partial charge in [-0.1, -0.05) is 45.9 Å². The standard InChI is InChI=1S/C17H28O2/c1-6-13(9-15(19)11-18)14-8-7-12(2)16(10-14)17(3,4)5/h7-8,10,13,15,18-19H,6,9,11H2,1-5H3. The lowest BCUT2D eigenvalue weighted by molar-refractivity contribution is 0.0817. The van der Waals surface area contributed by atoms with Crippen molar-refractivity contribution in [3.05, 3.63) is 34.9 Å². The second-order valence-electron chi connectivity index (χ2n) is 6.50. The lowest BCUT2D eigenvalue weighted by atomic mass is 9.80. The molecule has 0 aliphatic heterocycles. The highest BCUT2D eigenvalue weighted by molar-refractivity contribution is 5.37. The Kier molecular flexibility index (Phi) is 5.57. The average Bonchev–Trinajstić information content (AvgIpc) is 2.35. The minimum atomic E-state index is -0.621. The predicted octanol–water partition coefficient (Wildman–Crippen LogP) is 3.53. The van der Waals surface area contributed by atoms with Crippen molar-refractivity contribution in [3.63, 3.8) is 0 Å². The van der Waals surface area contributed by atoms with E-state index in [0.29, 0.717) is 12.3 Å². The van der Waals surface area contributed by atoms with Gasteiger partial charge in [-0.2, -0.15) is 0 Å². The monoisotopic (exact) mass is 264 g/mol. The maximum absolute atomic E-state index is 9.65. The van der Waals surface area contributed by atoms with Crippen LogP contribution in [0, 0.1) is 6.92 Å². The Bertz CT molecular complexity index is 404. The van der Waals surface area contributed by atoms with Gasteiger partial charge in [-0.15, -0.1) is 0 Å². The van der Waals surface area contributed by atoms with Crippen LogP contribution < -0.4 is 0 Å². The molecule has 2 heteroatoms. The summed E-state index contributed by atoms with van der Waals surface area (Å²) in [5.74, 6) is 0.309. The molecule has 2 unspecified atom stereocenters. The van der Waals surface area contributed by atoms with Gasteiger partial charge in [0, 0.05) is 0 Å². The van der Waals surface area contributed by atoms with Crippen molar-refractivity contribution in [1.29, 1.82) is 0 Å². The van der Waals surface area contributed by atoms with E-state index in [0.717, 1.165) is 6.42 Å². The number of hydrogen-bond donors (Lipinski definition) is 2. The molecule has 2 N–H and O–H groups in total. The van der Waals surface area contributed by atoms with Crippen LogP contribution in [0.15, 0.2) is 18.2 Å². The Morgan fingerprint density at radius 2 is 1.84 bits per heavy atom. The number of aliphatic hydroxyl groups is 2. The van der Waals surface area contributed by atoms with Crippen molar-refractivity contribution < 1.29 is 10.2 Å². The summed E-state index contributed by atoms with van der Waals surface area (Å²) in [5, 5.41) is 18.7. The van der Waals surface area contributed by atoms with Crippen LogP contribution in [0.2, 0.25) is 0 Å². The zero-order chi connectivity index (χ0) is 14.6. The van der Waals surface area contributed by atoms with Crippen molar-refractivity contribution in [3.8, 4) is 0 Å². The average molecular weight is 264 g/mol. The first-order valence-electron chi connectivity index (χ1n) is 7.19. The molecule has 1 rings (SSSR count). The molecule has 19 heavy (non-hydrogen) atoms. The van der Waals surface area contributed by atoms with Crippen LogP contribution in [-0.2, 0) is 5.41 Å². The molecule has 0 fully saturated rings. The van der Waals surface area contributed by atoms with Gasteiger partial charge in [0.2, 0.25) is 0 Å². The minimum Gasteiger partial charge on any atom is -0.394 e. The fourth-order valence-electron chi connectivity index (χ4n) is 2.64. The van der Waals surface area contributed by atoms with Gasteiger partial charge in [0.25, 0.3) is 0 Å². The molecule has 1 aromatic carbocycles. The zero-order valence-corrected chi connectivity index (χ0v) is 12.9. The van der Waals surface area contributed by atoms with Crippen molar-refractivity contribution in [2.24, 2.45) is 0 Å². The van der Waals surface area contributed by atoms with Gasteiger partial charge in [-0.3, -0.25) is 0 Å². The Labute approximate surface area is 117 Å². The molecule has 0 aliphatic carbocycles. The second-order valence-corrected chi connectivity index (χ2v) is 6.50. The van der Waals surface area contributed by atoms with Crippen LogP contribution >= 0.6 is 0 Å². The quantitative estimate of drug-likeness (QED) is 0.854. The van der Waals surface area contributed by atoms with Crippen LogP contribution in [-0.4, -0.2) is 22.9 Å². The maximum atomic E-state index is 9.65. The van der Waals surface area contributed by atoms with Gasteiger partial charge in [-0.25, -0.2) is 0 Å². The lowest BCUT2D eigenvalue weighted by Crippen LogP contribution is -2.18. The van der Waals surface area contributed by atoms with Crippen LogP contribution in [0.1, 0.15) is 63.1 Å². The molecule has 108 valence electrons. The van der Waals surface area contributed by atoms with E-state index >= 15 is 0 Å². The van der Waals surface area contributed by atoms with E-state index in [1.807, 2.05) is 0 Å². The molecule has 0 aliphatic rings. The van der Waals surface area contributed by atoms with Gasteiger partial charge in [0.15, 0.2) is 0 Å². The number of hydrogen-bond acceptors (Lipinski definition) is 2. The highest BCUT2D eigenvalue weighted by Crippen LogP contribution is 2.31. The van der Waals surface area contributed by atoms with E-state index in [1.54, 1.807) is 0 Å². The lowest BCUT2D eigenvalue weighted by Gasteiger charge is -2.25.